The third-order valence-corrected chi connectivity index (χ3v) is 5.10. The molecular formula is C23H19Cl2NO6. The zero-order valence-electron chi connectivity index (χ0n) is 17.2. The van der Waals surface area contributed by atoms with Crippen LogP contribution in [0.5, 0.6) is 5.75 Å². The quantitative estimate of drug-likeness (QED) is 0.511. The summed E-state index contributed by atoms with van der Waals surface area (Å²) in [7, 11) is 2.49. The van der Waals surface area contributed by atoms with Crippen LogP contribution in [0, 0.1) is 0 Å². The standard InChI is InChI=1S/C23H19Cl2NO6/c1-30-22(28)15-8-14-9-16(24)11-17(25)20(14)18(10-15)32-12-19(27)26-21(23(29)31-2)13-6-4-3-5-7-13/h3-11,21H,12H2,1-2H3,(H,26,27). The number of carbonyl (C=O) groups is 3. The molecule has 0 bridgehead atoms. The van der Waals surface area contributed by atoms with E-state index in [-0.39, 0.29) is 16.3 Å². The van der Waals surface area contributed by atoms with Gasteiger partial charge in [0.25, 0.3) is 5.91 Å². The second-order valence-electron chi connectivity index (χ2n) is 6.67. The Hall–Kier alpha value is -3.29. The molecule has 166 valence electrons. The van der Waals surface area contributed by atoms with E-state index in [1.807, 2.05) is 0 Å². The molecule has 1 amide bonds. The van der Waals surface area contributed by atoms with Gasteiger partial charge in [-0.1, -0.05) is 53.5 Å². The summed E-state index contributed by atoms with van der Waals surface area (Å²) < 4.78 is 15.3. The highest BCUT2D eigenvalue weighted by Crippen LogP contribution is 2.36. The van der Waals surface area contributed by atoms with Crippen LogP contribution >= 0.6 is 23.2 Å². The summed E-state index contributed by atoms with van der Waals surface area (Å²) in [6, 6.07) is 13.8. The molecule has 0 aliphatic heterocycles. The van der Waals surface area contributed by atoms with E-state index in [4.69, 9.17) is 37.4 Å². The van der Waals surface area contributed by atoms with Crippen molar-refractivity contribution in [1.82, 2.24) is 5.32 Å². The van der Waals surface area contributed by atoms with Crippen molar-refractivity contribution in [2.45, 2.75) is 6.04 Å². The van der Waals surface area contributed by atoms with Gasteiger partial charge in [0.05, 0.1) is 24.8 Å². The van der Waals surface area contributed by atoms with E-state index < -0.39 is 30.5 Å². The maximum absolute atomic E-state index is 12.6. The minimum Gasteiger partial charge on any atom is -0.483 e. The van der Waals surface area contributed by atoms with Gasteiger partial charge in [0.1, 0.15) is 5.75 Å². The van der Waals surface area contributed by atoms with Crippen LogP contribution in [0.2, 0.25) is 10.0 Å². The van der Waals surface area contributed by atoms with Crippen molar-refractivity contribution >= 4 is 51.8 Å². The lowest BCUT2D eigenvalue weighted by Crippen LogP contribution is -2.37. The van der Waals surface area contributed by atoms with Gasteiger partial charge in [0, 0.05) is 10.4 Å². The lowest BCUT2D eigenvalue weighted by atomic mass is 10.1. The summed E-state index contributed by atoms with van der Waals surface area (Å²) in [6.07, 6.45) is 0. The first-order valence-electron chi connectivity index (χ1n) is 9.40. The molecule has 0 heterocycles. The number of hydrogen-bond donors (Lipinski definition) is 1. The van der Waals surface area contributed by atoms with Crippen molar-refractivity contribution in [1.29, 1.82) is 0 Å². The summed E-state index contributed by atoms with van der Waals surface area (Å²) in [5.41, 5.74) is 0.758. The highest BCUT2D eigenvalue weighted by molar-refractivity contribution is 6.39. The SMILES string of the molecule is COC(=O)c1cc(OCC(=O)NC(C(=O)OC)c2ccccc2)c2c(Cl)cc(Cl)cc2c1. The number of esters is 2. The maximum Gasteiger partial charge on any atom is 0.338 e. The molecular weight excluding hydrogens is 457 g/mol. The molecule has 0 spiro atoms. The fraction of sp³-hybridized carbons (Fsp3) is 0.174. The first-order chi connectivity index (χ1) is 15.3. The van der Waals surface area contributed by atoms with Crippen LogP contribution in [-0.2, 0) is 19.1 Å². The zero-order valence-corrected chi connectivity index (χ0v) is 18.7. The van der Waals surface area contributed by atoms with E-state index in [0.717, 1.165) is 0 Å². The van der Waals surface area contributed by atoms with Gasteiger partial charge in [-0.3, -0.25) is 4.79 Å². The topological polar surface area (TPSA) is 90.9 Å². The lowest BCUT2D eigenvalue weighted by Gasteiger charge is -2.18. The van der Waals surface area contributed by atoms with E-state index in [1.54, 1.807) is 42.5 Å². The van der Waals surface area contributed by atoms with Gasteiger partial charge >= 0.3 is 11.9 Å². The van der Waals surface area contributed by atoms with E-state index >= 15 is 0 Å². The fourth-order valence-corrected chi connectivity index (χ4v) is 3.73. The highest BCUT2D eigenvalue weighted by Gasteiger charge is 2.24. The first kappa shape index (κ1) is 23.4. The van der Waals surface area contributed by atoms with Crippen molar-refractivity contribution < 1.29 is 28.6 Å². The summed E-state index contributed by atoms with van der Waals surface area (Å²) >= 11 is 12.4. The lowest BCUT2D eigenvalue weighted by molar-refractivity contribution is -0.145. The van der Waals surface area contributed by atoms with Gasteiger partial charge in [-0.2, -0.15) is 0 Å². The summed E-state index contributed by atoms with van der Waals surface area (Å²) in [5, 5.41) is 4.27. The molecule has 0 fully saturated rings. The van der Waals surface area contributed by atoms with Gasteiger partial charge in [-0.15, -0.1) is 0 Å². The van der Waals surface area contributed by atoms with Crippen LogP contribution in [0.15, 0.2) is 54.6 Å². The van der Waals surface area contributed by atoms with Crippen LogP contribution in [0.4, 0.5) is 0 Å². The van der Waals surface area contributed by atoms with Crippen LogP contribution in [-0.4, -0.2) is 38.7 Å². The molecule has 9 heteroatoms. The van der Waals surface area contributed by atoms with Crippen molar-refractivity contribution in [2.75, 3.05) is 20.8 Å². The number of nitrogens with one attached hydrogen (secondary N) is 1. The predicted molar refractivity (Wildman–Crippen MR) is 120 cm³/mol. The van der Waals surface area contributed by atoms with Gasteiger partial charge in [-0.05, 0) is 35.2 Å². The van der Waals surface area contributed by atoms with E-state index in [1.165, 1.54) is 26.4 Å². The molecule has 0 aromatic heterocycles. The molecule has 3 aromatic rings. The Labute approximate surface area is 194 Å². The highest BCUT2D eigenvalue weighted by atomic mass is 35.5. The minimum atomic E-state index is -1.00. The average Bonchev–Trinajstić information content (AvgIpc) is 2.79. The van der Waals surface area contributed by atoms with Gasteiger partial charge in [0.2, 0.25) is 0 Å². The van der Waals surface area contributed by atoms with Crippen LogP contribution in [0.1, 0.15) is 22.0 Å². The average molecular weight is 476 g/mol. The number of ether oxygens (including phenoxy) is 3. The Morgan fingerprint density at radius 2 is 1.69 bits per heavy atom. The fourth-order valence-electron chi connectivity index (χ4n) is 3.13. The number of methoxy groups -OCH3 is 2. The molecule has 7 nitrogen and oxygen atoms in total. The Morgan fingerprint density at radius 1 is 0.969 bits per heavy atom. The molecule has 0 aliphatic carbocycles. The number of hydrogen-bond acceptors (Lipinski definition) is 6. The van der Waals surface area contributed by atoms with Crippen LogP contribution in [0.3, 0.4) is 0 Å². The molecule has 3 rings (SSSR count). The smallest absolute Gasteiger partial charge is 0.338 e. The maximum atomic E-state index is 12.6. The Morgan fingerprint density at radius 3 is 2.34 bits per heavy atom. The molecule has 32 heavy (non-hydrogen) atoms. The Kier molecular flexibility index (Phi) is 7.56. The largest absolute Gasteiger partial charge is 0.483 e. The number of halogens is 2. The molecule has 3 aromatic carbocycles. The summed E-state index contributed by atoms with van der Waals surface area (Å²) in [4.78, 5) is 36.8. The number of fused-ring (bicyclic) bond motifs is 1. The summed E-state index contributed by atoms with van der Waals surface area (Å²) in [6.45, 7) is -0.445. The van der Waals surface area contributed by atoms with Crippen molar-refractivity contribution in [2.24, 2.45) is 0 Å². The van der Waals surface area contributed by atoms with Crippen LogP contribution < -0.4 is 10.1 Å². The summed E-state index contributed by atoms with van der Waals surface area (Å²) in [5.74, 6) is -1.60. The number of carbonyl (C=O) groups excluding carboxylic acids is 3. The Balaban J connectivity index is 1.86. The molecule has 1 N–H and O–H groups in total. The Bertz CT molecular complexity index is 1170. The van der Waals surface area contributed by atoms with Gasteiger partial charge < -0.3 is 19.5 Å². The van der Waals surface area contributed by atoms with Crippen molar-refractivity contribution in [3.63, 3.8) is 0 Å². The first-order valence-corrected chi connectivity index (χ1v) is 10.2. The molecule has 0 saturated heterocycles. The molecule has 0 aliphatic rings. The van der Waals surface area contributed by atoms with Crippen molar-refractivity contribution in [3.05, 3.63) is 75.8 Å². The monoisotopic (exact) mass is 475 g/mol. The van der Waals surface area contributed by atoms with E-state index in [9.17, 15) is 14.4 Å². The van der Waals surface area contributed by atoms with E-state index in [0.29, 0.717) is 21.4 Å². The number of benzene rings is 3. The van der Waals surface area contributed by atoms with Crippen molar-refractivity contribution in [3.8, 4) is 5.75 Å². The number of rotatable bonds is 7. The normalized spacial score (nSPS) is 11.5. The van der Waals surface area contributed by atoms with Gasteiger partial charge in [0.15, 0.2) is 12.6 Å². The molecule has 1 atom stereocenters. The molecule has 1 unspecified atom stereocenters. The van der Waals surface area contributed by atoms with Gasteiger partial charge in [-0.25, -0.2) is 9.59 Å². The third-order valence-electron chi connectivity index (χ3n) is 4.58. The second kappa shape index (κ2) is 10.3. The second-order valence-corrected chi connectivity index (χ2v) is 7.52. The predicted octanol–water partition coefficient (Wildman–Crippen LogP) is 4.34. The third kappa shape index (κ3) is 5.30. The molecule has 0 radical (unpaired) electrons. The van der Waals surface area contributed by atoms with E-state index in [2.05, 4.69) is 5.32 Å². The van der Waals surface area contributed by atoms with Crippen LogP contribution in [0.25, 0.3) is 10.8 Å². The minimum absolute atomic E-state index is 0.189. The molecule has 0 saturated carbocycles. The number of amides is 1. The zero-order chi connectivity index (χ0) is 23.3.